The van der Waals surface area contributed by atoms with Gasteiger partial charge in [-0.05, 0) is 61.8 Å². The number of benzene rings is 1. The largest absolute Gasteiger partial charge is 0.326 e. The number of nitriles is 1. The van der Waals surface area contributed by atoms with Crippen molar-refractivity contribution < 1.29 is 9.59 Å². The first-order valence-corrected chi connectivity index (χ1v) is 11.7. The highest BCUT2D eigenvalue weighted by Crippen LogP contribution is 2.39. The Morgan fingerprint density at radius 3 is 2.86 bits per heavy atom. The lowest BCUT2D eigenvalue weighted by atomic mass is 9.89. The van der Waals surface area contributed by atoms with Crippen molar-refractivity contribution in [2.75, 3.05) is 16.4 Å². The number of thiophene rings is 1. The fourth-order valence-corrected chi connectivity index (χ4v) is 5.65. The summed E-state index contributed by atoms with van der Waals surface area (Å²) < 4.78 is 0. The molecule has 5 nitrogen and oxygen atoms in total. The van der Waals surface area contributed by atoms with E-state index < -0.39 is 0 Å². The molecule has 0 spiro atoms. The number of nitrogens with one attached hydrogen (secondary N) is 2. The Kier molecular flexibility index (Phi) is 5.93. The van der Waals surface area contributed by atoms with E-state index in [2.05, 4.69) is 23.6 Å². The molecule has 1 aromatic carbocycles. The van der Waals surface area contributed by atoms with Crippen LogP contribution < -0.4 is 10.6 Å². The van der Waals surface area contributed by atoms with E-state index in [-0.39, 0.29) is 23.5 Å². The van der Waals surface area contributed by atoms with Crippen molar-refractivity contribution in [3.8, 4) is 6.07 Å². The second-order valence-corrected chi connectivity index (χ2v) is 9.95. The fourth-order valence-electron chi connectivity index (χ4n) is 3.52. The summed E-state index contributed by atoms with van der Waals surface area (Å²) in [6.45, 7) is 2.23. The highest BCUT2D eigenvalue weighted by molar-refractivity contribution is 8.00. The first-order valence-electron chi connectivity index (χ1n) is 9.91. The van der Waals surface area contributed by atoms with Gasteiger partial charge in [0.25, 0.3) is 0 Å². The molecule has 150 valence electrons. The molecule has 29 heavy (non-hydrogen) atoms. The zero-order valence-corrected chi connectivity index (χ0v) is 17.9. The molecule has 0 radical (unpaired) electrons. The minimum Gasteiger partial charge on any atom is -0.326 e. The zero-order chi connectivity index (χ0) is 20.4. The van der Waals surface area contributed by atoms with Crippen molar-refractivity contribution >= 4 is 45.6 Å². The van der Waals surface area contributed by atoms with E-state index in [1.165, 1.54) is 16.6 Å². The van der Waals surface area contributed by atoms with E-state index in [1.807, 2.05) is 24.3 Å². The predicted octanol–water partition coefficient (Wildman–Crippen LogP) is 4.82. The molecule has 1 fully saturated rings. The van der Waals surface area contributed by atoms with Gasteiger partial charge >= 0.3 is 0 Å². The highest BCUT2D eigenvalue weighted by Gasteiger charge is 2.29. The molecule has 2 N–H and O–H groups in total. The molecule has 1 unspecified atom stereocenters. The van der Waals surface area contributed by atoms with Gasteiger partial charge in [0, 0.05) is 21.4 Å². The van der Waals surface area contributed by atoms with Gasteiger partial charge in [0.1, 0.15) is 11.1 Å². The normalized spacial score (nSPS) is 17.9. The Balaban J connectivity index is 1.36. The number of hydrogen-bond donors (Lipinski definition) is 2. The van der Waals surface area contributed by atoms with E-state index in [1.54, 1.807) is 11.3 Å². The summed E-state index contributed by atoms with van der Waals surface area (Å²) in [6, 6.07) is 9.85. The third kappa shape index (κ3) is 4.82. The predicted molar refractivity (Wildman–Crippen MR) is 117 cm³/mol. The second kappa shape index (κ2) is 8.60. The molecule has 1 heterocycles. The third-order valence-electron chi connectivity index (χ3n) is 5.30. The molecule has 0 bridgehead atoms. The summed E-state index contributed by atoms with van der Waals surface area (Å²) in [7, 11) is 0. The van der Waals surface area contributed by atoms with Crippen LogP contribution in [0.2, 0.25) is 0 Å². The number of rotatable bonds is 6. The van der Waals surface area contributed by atoms with Gasteiger partial charge in [0.2, 0.25) is 11.8 Å². The van der Waals surface area contributed by atoms with E-state index in [0.29, 0.717) is 16.5 Å². The molecule has 1 aromatic heterocycles. The summed E-state index contributed by atoms with van der Waals surface area (Å²) in [6.07, 6.45) is 4.93. The number of nitrogens with zero attached hydrogens (tertiary/aromatic N) is 1. The van der Waals surface area contributed by atoms with Gasteiger partial charge in [-0.25, -0.2) is 0 Å². The van der Waals surface area contributed by atoms with E-state index >= 15 is 0 Å². The third-order valence-corrected chi connectivity index (χ3v) is 7.46. The van der Waals surface area contributed by atoms with Gasteiger partial charge in [0.15, 0.2) is 0 Å². The van der Waals surface area contributed by atoms with Crippen molar-refractivity contribution in [2.24, 2.45) is 11.8 Å². The number of hydrogen-bond acceptors (Lipinski definition) is 5. The van der Waals surface area contributed by atoms with E-state index in [0.717, 1.165) is 48.3 Å². The lowest BCUT2D eigenvalue weighted by Gasteiger charge is -2.17. The van der Waals surface area contributed by atoms with Crippen LogP contribution in [0.1, 0.15) is 42.2 Å². The summed E-state index contributed by atoms with van der Waals surface area (Å²) >= 11 is 2.97. The Morgan fingerprint density at radius 1 is 1.28 bits per heavy atom. The van der Waals surface area contributed by atoms with Crippen molar-refractivity contribution in [2.45, 2.75) is 43.9 Å². The number of carbonyl (C=O) groups excluding carboxylic acids is 2. The monoisotopic (exact) mass is 425 g/mol. The van der Waals surface area contributed by atoms with Crippen molar-refractivity contribution in [3.63, 3.8) is 0 Å². The smallest absolute Gasteiger partial charge is 0.235 e. The van der Waals surface area contributed by atoms with Gasteiger partial charge in [-0.3, -0.25) is 9.59 Å². The van der Waals surface area contributed by atoms with Crippen LogP contribution in [0.15, 0.2) is 29.2 Å². The Labute approximate surface area is 178 Å². The highest BCUT2D eigenvalue weighted by atomic mass is 32.2. The van der Waals surface area contributed by atoms with Crippen LogP contribution in [0.5, 0.6) is 0 Å². The molecule has 2 amide bonds. The Morgan fingerprint density at radius 2 is 2.10 bits per heavy atom. The molecule has 4 rings (SSSR count). The topological polar surface area (TPSA) is 82.0 Å². The number of fused-ring (bicyclic) bond motifs is 1. The van der Waals surface area contributed by atoms with Crippen molar-refractivity contribution in [1.82, 2.24) is 0 Å². The minimum absolute atomic E-state index is 0.0740. The lowest BCUT2D eigenvalue weighted by molar-refractivity contribution is -0.117. The maximum Gasteiger partial charge on any atom is 0.235 e. The summed E-state index contributed by atoms with van der Waals surface area (Å²) in [5, 5.41) is 16.1. The average molecular weight is 426 g/mol. The first kappa shape index (κ1) is 20.0. The van der Waals surface area contributed by atoms with Crippen LogP contribution in [0.4, 0.5) is 10.7 Å². The zero-order valence-electron chi connectivity index (χ0n) is 16.3. The van der Waals surface area contributed by atoms with Gasteiger partial charge in [-0.2, -0.15) is 5.26 Å². The minimum atomic E-state index is -0.120. The van der Waals surface area contributed by atoms with E-state index in [9.17, 15) is 14.9 Å². The summed E-state index contributed by atoms with van der Waals surface area (Å²) in [5.74, 6) is 0.991. The van der Waals surface area contributed by atoms with Crippen LogP contribution in [0.3, 0.4) is 0 Å². The number of amides is 2. The molecule has 2 aromatic rings. The first-order chi connectivity index (χ1) is 14.0. The van der Waals surface area contributed by atoms with Gasteiger partial charge < -0.3 is 10.6 Å². The molecular weight excluding hydrogens is 402 g/mol. The SMILES string of the molecule is CC1CCc2c(sc(NC(=O)CSc3cccc(NC(=O)C4CC4)c3)c2C#N)C1. The summed E-state index contributed by atoms with van der Waals surface area (Å²) in [5.41, 5.74) is 2.52. The molecule has 2 aliphatic carbocycles. The van der Waals surface area contributed by atoms with Crippen LogP contribution in [0, 0.1) is 23.2 Å². The molecule has 0 aliphatic heterocycles. The maximum atomic E-state index is 12.5. The van der Waals surface area contributed by atoms with Crippen molar-refractivity contribution in [1.29, 1.82) is 5.26 Å². The standard InChI is InChI=1S/C22H23N3O2S2/c1-13-5-8-17-18(11-23)22(29-19(17)9-13)25-20(26)12-28-16-4-2-3-15(10-16)24-21(27)14-6-7-14/h2-4,10,13-14H,5-9,12H2,1H3,(H,24,27)(H,25,26). The maximum absolute atomic E-state index is 12.5. The Hall–Kier alpha value is -2.30. The Bertz CT molecular complexity index is 988. The quantitative estimate of drug-likeness (QED) is 0.650. The molecule has 1 saturated carbocycles. The molecule has 2 aliphatic rings. The molecule has 1 atom stereocenters. The average Bonchev–Trinajstić information content (AvgIpc) is 3.49. The second-order valence-electron chi connectivity index (χ2n) is 7.80. The summed E-state index contributed by atoms with van der Waals surface area (Å²) in [4.78, 5) is 26.6. The van der Waals surface area contributed by atoms with Crippen molar-refractivity contribution in [3.05, 3.63) is 40.3 Å². The molecule has 0 saturated heterocycles. The number of anilines is 2. The van der Waals surface area contributed by atoms with Gasteiger partial charge in [-0.1, -0.05) is 13.0 Å². The van der Waals surface area contributed by atoms with Gasteiger partial charge in [0.05, 0.1) is 11.3 Å². The van der Waals surface area contributed by atoms with E-state index in [4.69, 9.17) is 0 Å². The van der Waals surface area contributed by atoms with Crippen LogP contribution in [-0.4, -0.2) is 17.6 Å². The number of thioether (sulfide) groups is 1. The molecule has 7 heteroatoms. The van der Waals surface area contributed by atoms with Crippen LogP contribution in [-0.2, 0) is 22.4 Å². The van der Waals surface area contributed by atoms with Crippen LogP contribution in [0.25, 0.3) is 0 Å². The fraction of sp³-hybridized carbons (Fsp3) is 0.409. The number of carbonyl (C=O) groups is 2. The lowest BCUT2D eigenvalue weighted by Crippen LogP contribution is -2.14. The van der Waals surface area contributed by atoms with Crippen LogP contribution >= 0.6 is 23.1 Å². The molecular formula is C22H23N3O2S2. The van der Waals surface area contributed by atoms with Gasteiger partial charge in [-0.15, -0.1) is 23.1 Å².